The molecule has 0 radical (unpaired) electrons. The summed E-state index contributed by atoms with van der Waals surface area (Å²) < 4.78 is 28.4. The Hall–Kier alpha value is -1.82. The number of rotatable bonds is 2. The first-order valence-corrected chi connectivity index (χ1v) is 5.47. The van der Waals surface area contributed by atoms with Crippen molar-refractivity contribution in [3.05, 3.63) is 41.2 Å². The highest BCUT2D eigenvalue weighted by Crippen LogP contribution is 2.19. The van der Waals surface area contributed by atoms with E-state index in [4.69, 9.17) is 5.73 Å². The minimum absolute atomic E-state index is 0.0149. The summed E-state index contributed by atoms with van der Waals surface area (Å²) >= 11 is 0. The summed E-state index contributed by atoms with van der Waals surface area (Å²) in [6.07, 6.45) is 1.49. The fraction of sp³-hybridized carbons (Fsp3) is 0.333. The molecule has 0 atom stereocenters. The lowest BCUT2D eigenvalue weighted by atomic mass is 10.0. The monoisotopic (exact) mass is 252 g/mol. The largest absolute Gasteiger partial charge is 0.320 e. The van der Waals surface area contributed by atoms with Gasteiger partial charge >= 0.3 is 0 Å². The Morgan fingerprint density at radius 2 is 1.89 bits per heavy atom. The van der Waals surface area contributed by atoms with Crippen LogP contribution in [0.1, 0.15) is 25.1 Å². The molecule has 0 amide bonds. The third-order valence-electron chi connectivity index (χ3n) is 2.63. The number of hydrogen-bond donors (Lipinski definition) is 1. The Bertz CT molecular complexity index is 584. The third-order valence-corrected chi connectivity index (χ3v) is 2.63. The number of aryl methyl sites for hydroxylation is 1. The molecule has 2 N–H and O–H groups in total. The summed E-state index contributed by atoms with van der Waals surface area (Å²) in [5, 5.41) is 7.62. The van der Waals surface area contributed by atoms with Crippen LogP contribution in [0.3, 0.4) is 0 Å². The van der Waals surface area contributed by atoms with E-state index in [9.17, 15) is 8.78 Å². The summed E-state index contributed by atoms with van der Waals surface area (Å²) in [6.45, 7) is 5.01. The van der Waals surface area contributed by atoms with Crippen LogP contribution in [-0.4, -0.2) is 15.0 Å². The molecule has 0 saturated heterocycles. The molecule has 6 heteroatoms. The highest BCUT2D eigenvalue weighted by molar-refractivity contribution is 5.36. The summed E-state index contributed by atoms with van der Waals surface area (Å²) in [5.74, 6) is -1.05. The Morgan fingerprint density at radius 1 is 1.22 bits per heavy atom. The maximum atomic E-state index is 13.7. The van der Waals surface area contributed by atoms with Crippen molar-refractivity contribution in [3.63, 3.8) is 0 Å². The van der Waals surface area contributed by atoms with Crippen LogP contribution in [0.15, 0.2) is 18.3 Å². The van der Waals surface area contributed by atoms with Gasteiger partial charge in [-0.1, -0.05) is 5.21 Å². The van der Waals surface area contributed by atoms with Crippen LogP contribution < -0.4 is 5.73 Å². The van der Waals surface area contributed by atoms with Gasteiger partial charge in [0.15, 0.2) is 0 Å². The Morgan fingerprint density at radius 3 is 2.44 bits per heavy atom. The zero-order valence-electron chi connectivity index (χ0n) is 10.4. The van der Waals surface area contributed by atoms with E-state index in [1.165, 1.54) is 17.8 Å². The fourth-order valence-corrected chi connectivity index (χ4v) is 1.49. The van der Waals surface area contributed by atoms with Crippen LogP contribution >= 0.6 is 0 Å². The number of aromatic nitrogens is 3. The molecule has 0 aliphatic heterocycles. The van der Waals surface area contributed by atoms with Gasteiger partial charge in [-0.05, 0) is 32.4 Å². The highest BCUT2D eigenvalue weighted by atomic mass is 19.1. The minimum Gasteiger partial charge on any atom is -0.320 e. The van der Waals surface area contributed by atoms with Crippen molar-refractivity contribution in [2.24, 2.45) is 5.73 Å². The van der Waals surface area contributed by atoms with E-state index < -0.39 is 17.2 Å². The Kier molecular flexibility index (Phi) is 2.90. The lowest BCUT2D eigenvalue weighted by Crippen LogP contribution is -2.29. The first-order valence-electron chi connectivity index (χ1n) is 5.47. The molecule has 0 unspecified atom stereocenters. The predicted octanol–water partition coefficient (Wildman–Crippen LogP) is 2.05. The molecule has 4 nitrogen and oxygen atoms in total. The standard InChI is InChI=1S/C12H14F2N4/c1-7-4-9(14)10(5-8(7)13)18-6-11(16-17-18)12(2,3)15/h4-6H,15H2,1-3H3. The Balaban J connectivity index is 2.50. The van der Waals surface area contributed by atoms with Crippen LogP contribution in [0.4, 0.5) is 8.78 Å². The molecule has 0 saturated carbocycles. The zero-order chi connectivity index (χ0) is 13.5. The molecule has 0 aliphatic carbocycles. The molecule has 1 aromatic carbocycles. The molecule has 1 aromatic heterocycles. The van der Waals surface area contributed by atoms with Crippen LogP contribution in [0.2, 0.25) is 0 Å². The van der Waals surface area contributed by atoms with Crippen LogP contribution in [0.25, 0.3) is 5.69 Å². The highest BCUT2D eigenvalue weighted by Gasteiger charge is 2.20. The SMILES string of the molecule is Cc1cc(F)c(-n2cc(C(C)(C)N)nn2)cc1F. The Labute approximate surface area is 103 Å². The maximum Gasteiger partial charge on any atom is 0.149 e. The molecular weight excluding hydrogens is 238 g/mol. The number of nitrogens with two attached hydrogens (primary N) is 1. The second-order valence-electron chi connectivity index (χ2n) is 4.82. The fourth-order valence-electron chi connectivity index (χ4n) is 1.49. The smallest absolute Gasteiger partial charge is 0.149 e. The van der Waals surface area contributed by atoms with Crippen LogP contribution in [-0.2, 0) is 5.54 Å². The zero-order valence-corrected chi connectivity index (χ0v) is 10.4. The van der Waals surface area contributed by atoms with Crippen molar-refractivity contribution in [1.82, 2.24) is 15.0 Å². The van der Waals surface area contributed by atoms with Gasteiger partial charge in [0.25, 0.3) is 0 Å². The number of nitrogens with zero attached hydrogens (tertiary/aromatic N) is 3. The van der Waals surface area contributed by atoms with Gasteiger partial charge < -0.3 is 5.73 Å². The molecule has 0 bridgehead atoms. The van der Waals surface area contributed by atoms with Gasteiger partial charge in [0.2, 0.25) is 0 Å². The van der Waals surface area contributed by atoms with Gasteiger partial charge in [0, 0.05) is 6.07 Å². The van der Waals surface area contributed by atoms with E-state index >= 15 is 0 Å². The molecule has 96 valence electrons. The lowest BCUT2D eigenvalue weighted by molar-refractivity contribution is 0.533. The molecule has 2 rings (SSSR count). The normalized spacial score (nSPS) is 11.9. The van der Waals surface area contributed by atoms with Crippen molar-refractivity contribution in [1.29, 1.82) is 0 Å². The second kappa shape index (κ2) is 4.13. The van der Waals surface area contributed by atoms with E-state index in [2.05, 4.69) is 10.3 Å². The van der Waals surface area contributed by atoms with E-state index in [-0.39, 0.29) is 11.3 Å². The van der Waals surface area contributed by atoms with Crippen molar-refractivity contribution < 1.29 is 8.78 Å². The van der Waals surface area contributed by atoms with E-state index in [0.29, 0.717) is 5.69 Å². The third kappa shape index (κ3) is 2.24. The van der Waals surface area contributed by atoms with E-state index in [1.807, 2.05) is 0 Å². The molecule has 0 spiro atoms. The summed E-state index contributed by atoms with van der Waals surface area (Å²) in [6, 6.07) is 2.21. The number of hydrogen-bond acceptors (Lipinski definition) is 3. The molecule has 1 heterocycles. The average Bonchev–Trinajstić information content (AvgIpc) is 2.72. The summed E-state index contributed by atoms with van der Waals surface area (Å²) in [5.41, 5.74) is 5.94. The first-order chi connectivity index (χ1) is 8.29. The number of halogens is 2. The van der Waals surface area contributed by atoms with Gasteiger partial charge in [-0.3, -0.25) is 0 Å². The first kappa shape index (κ1) is 12.6. The quantitative estimate of drug-likeness (QED) is 0.889. The van der Waals surface area contributed by atoms with E-state index in [1.54, 1.807) is 13.8 Å². The van der Waals surface area contributed by atoms with Crippen molar-refractivity contribution in [3.8, 4) is 5.69 Å². The molecule has 0 fully saturated rings. The predicted molar refractivity (Wildman–Crippen MR) is 63.2 cm³/mol. The molecular formula is C12H14F2N4. The van der Waals surface area contributed by atoms with E-state index in [0.717, 1.165) is 12.1 Å². The second-order valence-corrected chi connectivity index (χ2v) is 4.82. The average molecular weight is 252 g/mol. The maximum absolute atomic E-state index is 13.7. The summed E-state index contributed by atoms with van der Waals surface area (Å²) in [7, 11) is 0. The lowest BCUT2D eigenvalue weighted by Gasteiger charge is -2.13. The van der Waals surface area contributed by atoms with Gasteiger partial charge in [-0.15, -0.1) is 5.10 Å². The van der Waals surface area contributed by atoms with Crippen molar-refractivity contribution in [2.45, 2.75) is 26.3 Å². The van der Waals surface area contributed by atoms with Crippen LogP contribution in [0, 0.1) is 18.6 Å². The molecule has 18 heavy (non-hydrogen) atoms. The van der Waals surface area contributed by atoms with Crippen LogP contribution in [0.5, 0.6) is 0 Å². The summed E-state index contributed by atoms with van der Waals surface area (Å²) in [4.78, 5) is 0. The minimum atomic E-state index is -0.683. The van der Waals surface area contributed by atoms with Crippen molar-refractivity contribution >= 4 is 0 Å². The van der Waals surface area contributed by atoms with Gasteiger partial charge in [0.05, 0.1) is 11.7 Å². The van der Waals surface area contributed by atoms with Gasteiger partial charge in [-0.2, -0.15) is 0 Å². The molecule has 0 aliphatic rings. The van der Waals surface area contributed by atoms with Gasteiger partial charge in [0.1, 0.15) is 23.0 Å². The number of benzene rings is 1. The van der Waals surface area contributed by atoms with Gasteiger partial charge in [-0.25, -0.2) is 13.5 Å². The van der Waals surface area contributed by atoms with Crippen molar-refractivity contribution in [2.75, 3.05) is 0 Å². The topological polar surface area (TPSA) is 56.7 Å². The molecule has 2 aromatic rings.